The summed E-state index contributed by atoms with van der Waals surface area (Å²) in [6.07, 6.45) is 6.05. The number of anilines is 2. The molecule has 4 heterocycles. The van der Waals surface area contributed by atoms with Crippen LogP contribution in [0.2, 0.25) is 0 Å². The molecule has 178 valence electrons. The topological polar surface area (TPSA) is 132 Å². The number of carbonyl (C=O) groups excluding carboxylic acids is 2. The number of aromatic nitrogens is 5. The van der Waals surface area contributed by atoms with E-state index in [4.69, 9.17) is 10.8 Å². The minimum Gasteiger partial charge on any atom is -0.383 e. The number of carbonyl (C=O) groups is 2. The maximum absolute atomic E-state index is 11.9. The lowest BCUT2D eigenvalue weighted by Gasteiger charge is -2.14. The van der Waals surface area contributed by atoms with Gasteiger partial charge in [-0.25, -0.2) is 19.6 Å². The van der Waals surface area contributed by atoms with Crippen molar-refractivity contribution >= 4 is 34.9 Å². The molecule has 4 aromatic rings. The molecule has 1 fully saturated rings. The molecule has 3 N–H and O–H groups in total. The molecule has 10 heteroatoms. The maximum atomic E-state index is 11.9. The fourth-order valence-corrected chi connectivity index (χ4v) is 3.95. The van der Waals surface area contributed by atoms with Gasteiger partial charge in [-0.3, -0.25) is 9.59 Å². The summed E-state index contributed by atoms with van der Waals surface area (Å²) >= 11 is 0. The number of pyridine rings is 1. The average molecular weight is 471 g/mol. The van der Waals surface area contributed by atoms with Crippen molar-refractivity contribution in [3.8, 4) is 11.3 Å². The molecule has 0 saturated carbocycles. The number of hydrogen-bond acceptors (Lipinski definition) is 8. The van der Waals surface area contributed by atoms with Crippen molar-refractivity contribution in [2.45, 2.75) is 12.5 Å². The normalized spacial score (nSPS) is 14.8. The van der Waals surface area contributed by atoms with Crippen LogP contribution in [0.5, 0.6) is 0 Å². The number of nitrogens with one attached hydrogen (secondary N) is 1. The van der Waals surface area contributed by atoms with Crippen molar-refractivity contribution in [1.82, 2.24) is 29.6 Å². The zero-order chi connectivity index (χ0) is 24.8. The fourth-order valence-electron chi connectivity index (χ4n) is 3.95. The molecule has 35 heavy (non-hydrogen) atoms. The van der Waals surface area contributed by atoms with Gasteiger partial charge in [0, 0.05) is 37.5 Å². The van der Waals surface area contributed by atoms with E-state index in [2.05, 4.69) is 26.8 Å². The van der Waals surface area contributed by atoms with Crippen molar-refractivity contribution in [2.24, 2.45) is 0 Å². The van der Waals surface area contributed by atoms with Crippen LogP contribution in [0, 0.1) is 0 Å². The van der Waals surface area contributed by atoms with Crippen molar-refractivity contribution in [2.75, 3.05) is 31.2 Å². The van der Waals surface area contributed by atoms with Crippen molar-refractivity contribution in [3.05, 3.63) is 73.2 Å². The van der Waals surface area contributed by atoms with Crippen LogP contribution >= 0.6 is 0 Å². The summed E-state index contributed by atoms with van der Waals surface area (Å²) < 4.78 is 1.83. The van der Waals surface area contributed by atoms with Gasteiger partial charge in [-0.15, -0.1) is 0 Å². The van der Waals surface area contributed by atoms with Crippen molar-refractivity contribution < 1.29 is 9.59 Å². The molecule has 1 saturated heterocycles. The van der Waals surface area contributed by atoms with Gasteiger partial charge in [0.1, 0.15) is 29.9 Å². The predicted octanol–water partition coefficient (Wildman–Crippen LogP) is 2.97. The number of fused-ring (bicyclic) bond motifs is 1. The Kier molecular flexibility index (Phi) is 7.10. The Balaban J connectivity index is 0.000000308. The second-order valence-electron chi connectivity index (χ2n) is 7.89. The molecule has 1 aliphatic heterocycles. The Bertz CT molecular complexity index is 1340. The highest BCUT2D eigenvalue weighted by atomic mass is 16.2. The first-order valence-electron chi connectivity index (χ1n) is 11.1. The first kappa shape index (κ1) is 23.6. The number of nitrogen functional groups attached to an aromatic ring is 1. The average Bonchev–Trinajstić information content (AvgIpc) is 3.55. The third-order valence-electron chi connectivity index (χ3n) is 5.75. The third kappa shape index (κ3) is 5.01. The Morgan fingerprint density at radius 3 is 2.60 bits per heavy atom. The smallest absolute Gasteiger partial charge is 0.246 e. The molecule has 10 nitrogen and oxygen atoms in total. The monoisotopic (exact) mass is 470 g/mol. The molecule has 1 aromatic carbocycles. The number of amides is 1. The minimum atomic E-state index is -0.0900. The van der Waals surface area contributed by atoms with Crippen LogP contribution in [0.1, 0.15) is 22.8 Å². The number of nitrogens with two attached hydrogens (primary N) is 1. The van der Waals surface area contributed by atoms with Gasteiger partial charge in [0.25, 0.3) is 0 Å². The summed E-state index contributed by atoms with van der Waals surface area (Å²) in [5.74, 6) is 1.16. The third-order valence-corrected chi connectivity index (χ3v) is 5.75. The number of hydrogen-bond donors (Lipinski definition) is 2. The summed E-state index contributed by atoms with van der Waals surface area (Å²) in [5.41, 5.74) is 8.82. The van der Waals surface area contributed by atoms with Gasteiger partial charge in [0.15, 0.2) is 5.65 Å². The molecule has 3 aromatic heterocycles. The SMILES string of the molecule is C=CC(=O)N1CCC(n2nc(-c3ccc(C=O)cc3)c3c(N)ncnc32)C1.CNc1ccccn1. The highest BCUT2D eigenvalue weighted by Crippen LogP contribution is 2.33. The molecule has 0 aliphatic carbocycles. The Labute approximate surface area is 202 Å². The van der Waals surface area contributed by atoms with Crippen molar-refractivity contribution in [1.29, 1.82) is 0 Å². The Morgan fingerprint density at radius 1 is 1.17 bits per heavy atom. The summed E-state index contributed by atoms with van der Waals surface area (Å²) in [6.45, 7) is 4.72. The standard InChI is InChI=1S/C19H18N6O2.C6H8N2/c1-2-15(27)24-8-7-14(9-24)25-19-16(18(20)21-11-22-19)17(23-25)13-5-3-12(10-26)4-6-13;1-7-6-4-2-3-5-8-6/h2-6,10-11,14H,1,7-9H2,(H2,20,21,22);2-5H,1H3,(H,7,8). The zero-order valence-electron chi connectivity index (χ0n) is 19.3. The van der Waals surface area contributed by atoms with Gasteiger partial charge in [0.05, 0.1) is 11.4 Å². The summed E-state index contributed by atoms with van der Waals surface area (Å²) in [6, 6.07) is 12.9. The van der Waals surface area contributed by atoms with Crippen LogP contribution < -0.4 is 11.1 Å². The van der Waals surface area contributed by atoms with Crippen LogP contribution in [0.25, 0.3) is 22.3 Å². The molecule has 0 spiro atoms. The van der Waals surface area contributed by atoms with Gasteiger partial charge in [0.2, 0.25) is 5.91 Å². The summed E-state index contributed by atoms with van der Waals surface area (Å²) in [5, 5.41) is 8.35. The number of nitrogens with zero attached hydrogens (tertiary/aromatic N) is 6. The fraction of sp³-hybridized carbons (Fsp3) is 0.200. The second kappa shape index (κ2) is 10.6. The lowest BCUT2D eigenvalue weighted by atomic mass is 10.1. The summed E-state index contributed by atoms with van der Waals surface area (Å²) in [4.78, 5) is 37.0. The van der Waals surface area contributed by atoms with Gasteiger partial charge < -0.3 is 16.0 Å². The quantitative estimate of drug-likeness (QED) is 0.336. The van der Waals surface area contributed by atoms with E-state index < -0.39 is 0 Å². The van der Waals surface area contributed by atoms with E-state index in [1.165, 1.54) is 12.4 Å². The molecular weight excluding hydrogens is 444 g/mol. The van der Waals surface area contributed by atoms with Gasteiger partial charge in [-0.2, -0.15) is 5.10 Å². The largest absolute Gasteiger partial charge is 0.383 e. The number of rotatable bonds is 5. The lowest BCUT2D eigenvalue weighted by molar-refractivity contribution is -0.125. The van der Waals surface area contributed by atoms with Gasteiger partial charge >= 0.3 is 0 Å². The molecule has 1 unspecified atom stereocenters. The first-order chi connectivity index (χ1) is 17.0. The highest BCUT2D eigenvalue weighted by molar-refractivity contribution is 5.98. The Morgan fingerprint density at radius 2 is 1.97 bits per heavy atom. The van der Waals surface area contributed by atoms with Crippen LogP contribution in [0.4, 0.5) is 11.6 Å². The first-order valence-corrected chi connectivity index (χ1v) is 11.1. The molecule has 0 radical (unpaired) electrons. The van der Waals surface area contributed by atoms with E-state index >= 15 is 0 Å². The highest BCUT2D eigenvalue weighted by Gasteiger charge is 2.30. The second-order valence-corrected chi connectivity index (χ2v) is 7.89. The molecule has 1 amide bonds. The van der Waals surface area contributed by atoms with Crippen LogP contribution in [-0.4, -0.2) is 62.0 Å². The number of benzene rings is 1. The van der Waals surface area contributed by atoms with E-state index in [1.54, 1.807) is 23.2 Å². The van der Waals surface area contributed by atoms with Gasteiger partial charge in [-0.05, 0) is 24.6 Å². The maximum Gasteiger partial charge on any atom is 0.246 e. The molecule has 5 rings (SSSR count). The molecular formula is C25H26N8O2. The summed E-state index contributed by atoms with van der Waals surface area (Å²) in [7, 11) is 1.85. The van der Waals surface area contributed by atoms with Crippen LogP contribution in [0.3, 0.4) is 0 Å². The predicted molar refractivity (Wildman–Crippen MR) is 135 cm³/mol. The lowest BCUT2D eigenvalue weighted by Crippen LogP contribution is -2.27. The van der Waals surface area contributed by atoms with Crippen molar-refractivity contribution in [3.63, 3.8) is 0 Å². The van der Waals surface area contributed by atoms with Gasteiger partial charge in [-0.1, -0.05) is 36.9 Å². The number of aldehydes is 1. The van der Waals surface area contributed by atoms with E-state index in [9.17, 15) is 9.59 Å². The minimum absolute atomic E-state index is 0.00583. The number of likely N-dealkylation sites (tertiary alicyclic amines) is 1. The van der Waals surface area contributed by atoms with E-state index in [0.29, 0.717) is 41.2 Å². The molecule has 1 aliphatic rings. The van der Waals surface area contributed by atoms with Crippen LogP contribution in [0.15, 0.2) is 67.6 Å². The zero-order valence-corrected chi connectivity index (χ0v) is 19.3. The molecule has 0 bridgehead atoms. The Hall–Kier alpha value is -4.60. The van der Waals surface area contributed by atoms with E-state index in [-0.39, 0.29) is 11.9 Å². The van der Waals surface area contributed by atoms with Crippen LogP contribution in [-0.2, 0) is 4.79 Å². The van der Waals surface area contributed by atoms with E-state index in [0.717, 1.165) is 24.1 Å². The molecule has 1 atom stereocenters. The van der Waals surface area contributed by atoms with E-state index in [1.807, 2.05) is 42.1 Å².